The van der Waals surface area contributed by atoms with Crippen LogP contribution in [0.2, 0.25) is 0 Å². The highest BCUT2D eigenvalue weighted by atomic mass is 16.5. The molecule has 0 N–H and O–H groups in total. The molecule has 1 aromatic rings. The number of carbonyl (C=O) groups is 1. The summed E-state index contributed by atoms with van der Waals surface area (Å²) in [6, 6.07) is 0.289. The van der Waals surface area contributed by atoms with E-state index in [1.807, 2.05) is 11.9 Å². The van der Waals surface area contributed by atoms with E-state index >= 15 is 0 Å². The standard InChI is InChI=1S/C11H15N3O3/c1-14(8-3-4-17-7-8)10-6-12-5-9(13-10)11(15)16-2/h5-6,8H,3-4,7H2,1-2H3. The van der Waals surface area contributed by atoms with Crippen LogP contribution in [0, 0.1) is 0 Å². The molecule has 0 bridgehead atoms. The normalized spacial score (nSPS) is 19.1. The van der Waals surface area contributed by atoms with Gasteiger partial charge < -0.3 is 14.4 Å². The molecule has 1 saturated heterocycles. The number of nitrogens with zero attached hydrogens (tertiary/aromatic N) is 3. The molecule has 0 radical (unpaired) electrons. The van der Waals surface area contributed by atoms with Gasteiger partial charge in [-0.05, 0) is 6.42 Å². The molecule has 0 amide bonds. The summed E-state index contributed by atoms with van der Waals surface area (Å²) >= 11 is 0. The number of likely N-dealkylation sites (N-methyl/N-ethyl adjacent to an activating group) is 1. The van der Waals surface area contributed by atoms with Gasteiger partial charge in [-0.25, -0.2) is 9.78 Å². The molecule has 0 saturated carbocycles. The van der Waals surface area contributed by atoms with Gasteiger partial charge in [-0.1, -0.05) is 0 Å². The highest BCUT2D eigenvalue weighted by molar-refractivity contribution is 5.87. The second kappa shape index (κ2) is 5.09. The van der Waals surface area contributed by atoms with E-state index in [2.05, 4.69) is 14.7 Å². The SMILES string of the molecule is COC(=O)c1cncc(N(C)C2CCOC2)n1. The third kappa shape index (κ3) is 2.52. The third-order valence-electron chi connectivity index (χ3n) is 2.83. The summed E-state index contributed by atoms with van der Waals surface area (Å²) in [6.45, 7) is 1.44. The summed E-state index contributed by atoms with van der Waals surface area (Å²) in [5.41, 5.74) is 0.218. The van der Waals surface area contributed by atoms with Gasteiger partial charge in [-0.3, -0.25) is 4.98 Å². The smallest absolute Gasteiger partial charge is 0.358 e. The number of hydrogen-bond acceptors (Lipinski definition) is 6. The maximum absolute atomic E-state index is 11.3. The molecule has 1 aromatic heterocycles. The van der Waals surface area contributed by atoms with Crippen molar-refractivity contribution >= 4 is 11.8 Å². The van der Waals surface area contributed by atoms with E-state index in [9.17, 15) is 4.79 Å². The van der Waals surface area contributed by atoms with Crippen molar-refractivity contribution in [2.24, 2.45) is 0 Å². The number of esters is 1. The number of hydrogen-bond donors (Lipinski definition) is 0. The van der Waals surface area contributed by atoms with E-state index in [-0.39, 0.29) is 11.7 Å². The Bertz CT molecular complexity index is 405. The summed E-state index contributed by atoms with van der Waals surface area (Å²) in [5, 5.41) is 0. The molecule has 17 heavy (non-hydrogen) atoms. The first kappa shape index (κ1) is 11.8. The minimum absolute atomic E-state index is 0.218. The summed E-state index contributed by atoms with van der Waals surface area (Å²) in [7, 11) is 3.25. The Balaban J connectivity index is 2.17. The first-order valence-electron chi connectivity index (χ1n) is 5.43. The molecule has 1 atom stereocenters. The Morgan fingerprint density at radius 3 is 3.06 bits per heavy atom. The average molecular weight is 237 g/mol. The maximum Gasteiger partial charge on any atom is 0.358 e. The van der Waals surface area contributed by atoms with Crippen LogP contribution < -0.4 is 4.90 Å². The van der Waals surface area contributed by atoms with Gasteiger partial charge in [0.15, 0.2) is 5.69 Å². The summed E-state index contributed by atoms with van der Waals surface area (Å²) < 4.78 is 9.93. The van der Waals surface area contributed by atoms with Crippen LogP contribution in [0.5, 0.6) is 0 Å². The molecule has 92 valence electrons. The van der Waals surface area contributed by atoms with Crippen molar-refractivity contribution in [2.75, 3.05) is 32.3 Å². The fraction of sp³-hybridized carbons (Fsp3) is 0.545. The summed E-state index contributed by atoms with van der Waals surface area (Å²) in [4.78, 5) is 21.5. The Hall–Kier alpha value is -1.69. The fourth-order valence-corrected chi connectivity index (χ4v) is 1.74. The van der Waals surface area contributed by atoms with Crippen LogP contribution in [0.4, 0.5) is 5.82 Å². The van der Waals surface area contributed by atoms with Crippen LogP contribution in [0.3, 0.4) is 0 Å². The molecule has 2 rings (SSSR count). The predicted molar refractivity (Wildman–Crippen MR) is 61.0 cm³/mol. The Morgan fingerprint density at radius 1 is 1.59 bits per heavy atom. The third-order valence-corrected chi connectivity index (χ3v) is 2.83. The van der Waals surface area contributed by atoms with Crippen molar-refractivity contribution < 1.29 is 14.3 Å². The Morgan fingerprint density at radius 2 is 2.41 bits per heavy atom. The summed E-state index contributed by atoms with van der Waals surface area (Å²) in [6.07, 6.45) is 3.99. The Kier molecular flexibility index (Phi) is 3.53. The van der Waals surface area contributed by atoms with Crippen molar-refractivity contribution in [3.8, 4) is 0 Å². The highest BCUT2D eigenvalue weighted by Gasteiger charge is 2.22. The fourth-order valence-electron chi connectivity index (χ4n) is 1.74. The van der Waals surface area contributed by atoms with E-state index in [4.69, 9.17) is 4.74 Å². The molecule has 1 unspecified atom stereocenters. The van der Waals surface area contributed by atoms with Gasteiger partial charge in [0.2, 0.25) is 0 Å². The molecular weight excluding hydrogens is 222 g/mol. The Labute approximate surface area is 99.6 Å². The average Bonchev–Trinajstić information content (AvgIpc) is 2.91. The minimum atomic E-state index is -0.476. The van der Waals surface area contributed by atoms with E-state index < -0.39 is 5.97 Å². The van der Waals surface area contributed by atoms with E-state index in [1.54, 1.807) is 6.20 Å². The van der Waals surface area contributed by atoms with Crippen LogP contribution in [0.15, 0.2) is 12.4 Å². The number of aromatic nitrogens is 2. The molecular formula is C11H15N3O3. The van der Waals surface area contributed by atoms with Crippen molar-refractivity contribution in [3.05, 3.63) is 18.1 Å². The van der Waals surface area contributed by atoms with E-state index in [1.165, 1.54) is 13.3 Å². The zero-order chi connectivity index (χ0) is 12.3. The number of rotatable bonds is 3. The van der Waals surface area contributed by atoms with Crippen LogP contribution in [-0.2, 0) is 9.47 Å². The van der Waals surface area contributed by atoms with Gasteiger partial charge in [0.05, 0.1) is 32.2 Å². The minimum Gasteiger partial charge on any atom is -0.464 e. The monoisotopic (exact) mass is 237 g/mol. The van der Waals surface area contributed by atoms with E-state index in [0.29, 0.717) is 12.4 Å². The molecule has 2 heterocycles. The van der Waals surface area contributed by atoms with Gasteiger partial charge in [0, 0.05) is 13.7 Å². The molecule has 0 spiro atoms. The molecule has 0 aromatic carbocycles. The van der Waals surface area contributed by atoms with Gasteiger partial charge in [-0.2, -0.15) is 0 Å². The van der Waals surface area contributed by atoms with Crippen molar-refractivity contribution in [1.29, 1.82) is 0 Å². The van der Waals surface area contributed by atoms with Crippen LogP contribution >= 0.6 is 0 Å². The molecule has 0 aliphatic carbocycles. The van der Waals surface area contributed by atoms with E-state index in [0.717, 1.165) is 13.0 Å². The van der Waals surface area contributed by atoms with Crippen LogP contribution in [-0.4, -0.2) is 49.4 Å². The second-order valence-corrected chi connectivity index (χ2v) is 3.88. The van der Waals surface area contributed by atoms with Gasteiger partial charge in [-0.15, -0.1) is 0 Å². The second-order valence-electron chi connectivity index (χ2n) is 3.88. The zero-order valence-electron chi connectivity index (χ0n) is 9.92. The number of methoxy groups -OCH3 is 1. The predicted octanol–water partition coefficient (Wildman–Crippen LogP) is 0.488. The number of anilines is 1. The molecule has 1 fully saturated rings. The van der Waals surface area contributed by atoms with Crippen LogP contribution in [0.1, 0.15) is 16.9 Å². The highest BCUT2D eigenvalue weighted by Crippen LogP contribution is 2.17. The number of ether oxygens (including phenoxy) is 2. The molecule has 6 nitrogen and oxygen atoms in total. The quantitative estimate of drug-likeness (QED) is 0.713. The van der Waals surface area contributed by atoms with Crippen molar-refractivity contribution in [2.45, 2.75) is 12.5 Å². The zero-order valence-corrected chi connectivity index (χ0v) is 9.92. The lowest BCUT2D eigenvalue weighted by Gasteiger charge is -2.23. The molecule has 1 aliphatic heterocycles. The van der Waals surface area contributed by atoms with Crippen molar-refractivity contribution in [3.63, 3.8) is 0 Å². The number of carbonyl (C=O) groups excluding carboxylic acids is 1. The lowest BCUT2D eigenvalue weighted by molar-refractivity contribution is 0.0593. The topological polar surface area (TPSA) is 64.5 Å². The molecule has 1 aliphatic rings. The first-order valence-corrected chi connectivity index (χ1v) is 5.43. The molecule has 6 heteroatoms. The van der Waals surface area contributed by atoms with Crippen LogP contribution in [0.25, 0.3) is 0 Å². The largest absolute Gasteiger partial charge is 0.464 e. The lowest BCUT2D eigenvalue weighted by atomic mass is 10.2. The lowest BCUT2D eigenvalue weighted by Crippen LogP contribution is -2.32. The van der Waals surface area contributed by atoms with Gasteiger partial charge in [0.1, 0.15) is 5.82 Å². The first-order chi connectivity index (χ1) is 8.22. The van der Waals surface area contributed by atoms with Gasteiger partial charge >= 0.3 is 5.97 Å². The maximum atomic E-state index is 11.3. The summed E-state index contributed by atoms with van der Waals surface area (Å²) in [5.74, 6) is 0.179. The van der Waals surface area contributed by atoms with Gasteiger partial charge in [0.25, 0.3) is 0 Å². The van der Waals surface area contributed by atoms with Crippen molar-refractivity contribution in [1.82, 2.24) is 9.97 Å².